The molecule has 0 aliphatic carbocycles. The van der Waals surface area contributed by atoms with E-state index in [1.54, 1.807) is 38.1 Å². The average molecular weight is 508 g/mol. The molecule has 11 heteroatoms. The smallest absolute Gasteiger partial charge is 0.348 e. The van der Waals surface area contributed by atoms with Gasteiger partial charge in [0, 0.05) is 10.6 Å². The van der Waals surface area contributed by atoms with Crippen molar-refractivity contribution < 1.29 is 18.7 Å². The lowest BCUT2D eigenvalue weighted by Crippen LogP contribution is -2.33. The molecule has 32 heavy (non-hydrogen) atoms. The van der Waals surface area contributed by atoms with E-state index in [-0.39, 0.29) is 27.9 Å². The lowest BCUT2D eigenvalue weighted by atomic mass is 10.2. The quantitative estimate of drug-likeness (QED) is 0.332. The Kier molecular flexibility index (Phi) is 7.53. The van der Waals surface area contributed by atoms with E-state index in [9.17, 15) is 14.9 Å². The molecule has 0 unspecified atom stereocenters. The number of benzene rings is 1. The number of hydrogen-bond donors (Lipinski definition) is 2. The Morgan fingerprint density at radius 1 is 1.28 bits per heavy atom. The first-order valence-electron chi connectivity index (χ1n) is 9.13. The molecular formula is C21H15Cl2N3O4S2. The molecule has 0 spiro atoms. The Hall–Kier alpha value is -2.90. The van der Waals surface area contributed by atoms with Gasteiger partial charge in [-0.2, -0.15) is 5.26 Å². The zero-order chi connectivity index (χ0) is 23.4. The monoisotopic (exact) mass is 507 g/mol. The number of nitriles is 1. The van der Waals surface area contributed by atoms with Gasteiger partial charge in [0.05, 0.1) is 17.2 Å². The number of thiophene rings is 1. The van der Waals surface area contributed by atoms with Crippen LogP contribution in [0.2, 0.25) is 10.0 Å². The van der Waals surface area contributed by atoms with E-state index in [4.69, 9.17) is 44.6 Å². The van der Waals surface area contributed by atoms with Gasteiger partial charge >= 0.3 is 5.97 Å². The number of nitrogens with zero attached hydrogens (tertiary/aromatic N) is 1. The lowest BCUT2D eigenvalue weighted by molar-refractivity contribution is 0.0531. The highest BCUT2D eigenvalue weighted by atomic mass is 35.5. The fourth-order valence-electron chi connectivity index (χ4n) is 2.72. The Balaban J connectivity index is 1.73. The molecular weight excluding hydrogens is 493 g/mol. The van der Waals surface area contributed by atoms with Crippen molar-refractivity contribution in [2.75, 3.05) is 11.9 Å². The number of carbonyl (C=O) groups excluding carboxylic acids is 2. The van der Waals surface area contributed by atoms with Crippen LogP contribution in [0.3, 0.4) is 0 Å². The molecule has 1 amide bonds. The van der Waals surface area contributed by atoms with Crippen molar-refractivity contribution in [1.82, 2.24) is 5.32 Å². The summed E-state index contributed by atoms with van der Waals surface area (Å²) < 4.78 is 10.6. The number of anilines is 1. The van der Waals surface area contributed by atoms with Crippen molar-refractivity contribution in [2.24, 2.45) is 0 Å². The molecule has 0 bridgehead atoms. The van der Waals surface area contributed by atoms with Crippen LogP contribution in [0, 0.1) is 18.3 Å². The minimum atomic E-state index is -0.601. The fourth-order valence-corrected chi connectivity index (χ4v) is 4.54. The van der Waals surface area contributed by atoms with Crippen LogP contribution in [-0.2, 0) is 4.74 Å². The van der Waals surface area contributed by atoms with E-state index < -0.39 is 11.9 Å². The maximum absolute atomic E-state index is 12.5. The van der Waals surface area contributed by atoms with Crippen molar-refractivity contribution in [1.29, 1.82) is 5.26 Å². The third kappa shape index (κ3) is 5.11. The van der Waals surface area contributed by atoms with Crippen molar-refractivity contribution in [3.8, 4) is 17.4 Å². The second-order valence-electron chi connectivity index (χ2n) is 6.29. The van der Waals surface area contributed by atoms with Crippen LogP contribution in [0.1, 0.15) is 38.3 Å². The molecule has 3 aromatic rings. The number of rotatable bonds is 5. The molecule has 2 heterocycles. The van der Waals surface area contributed by atoms with Gasteiger partial charge in [-0.1, -0.05) is 23.2 Å². The Morgan fingerprint density at radius 3 is 2.69 bits per heavy atom. The molecule has 2 aromatic heterocycles. The number of nitrogens with one attached hydrogen (secondary N) is 2. The van der Waals surface area contributed by atoms with Gasteiger partial charge in [-0.25, -0.2) is 4.79 Å². The third-order valence-electron chi connectivity index (χ3n) is 4.20. The SMILES string of the molecule is CCOC(=O)c1sc(NC(=S)NC(=O)c2ccc(-c3ccc(Cl)cc3Cl)o2)c(C#N)c1C. The topological polar surface area (TPSA) is 104 Å². The summed E-state index contributed by atoms with van der Waals surface area (Å²) in [5.41, 5.74) is 1.30. The van der Waals surface area contributed by atoms with Gasteiger partial charge in [0.2, 0.25) is 0 Å². The van der Waals surface area contributed by atoms with Gasteiger partial charge in [-0.05, 0) is 62.0 Å². The molecule has 2 N–H and O–H groups in total. The van der Waals surface area contributed by atoms with Gasteiger partial charge in [-0.3, -0.25) is 10.1 Å². The second kappa shape index (κ2) is 10.1. The summed E-state index contributed by atoms with van der Waals surface area (Å²) in [6, 6.07) is 10.0. The van der Waals surface area contributed by atoms with Gasteiger partial charge in [0.1, 0.15) is 21.7 Å². The summed E-state index contributed by atoms with van der Waals surface area (Å²) in [5.74, 6) is -0.740. The second-order valence-corrected chi connectivity index (χ2v) is 8.56. The van der Waals surface area contributed by atoms with E-state index in [1.165, 1.54) is 6.07 Å². The zero-order valence-corrected chi connectivity index (χ0v) is 19.9. The normalized spacial score (nSPS) is 10.3. The molecule has 3 rings (SSSR count). The first kappa shape index (κ1) is 23.8. The largest absolute Gasteiger partial charge is 0.462 e. The van der Waals surface area contributed by atoms with Crippen LogP contribution in [0.4, 0.5) is 5.00 Å². The summed E-state index contributed by atoms with van der Waals surface area (Å²) >= 11 is 18.3. The highest BCUT2D eigenvalue weighted by Gasteiger charge is 2.22. The number of ether oxygens (including phenoxy) is 1. The van der Waals surface area contributed by atoms with Crippen LogP contribution in [0.5, 0.6) is 0 Å². The highest BCUT2D eigenvalue weighted by Crippen LogP contribution is 2.33. The Morgan fingerprint density at radius 2 is 2.03 bits per heavy atom. The summed E-state index contributed by atoms with van der Waals surface area (Å²) in [6.07, 6.45) is 0. The summed E-state index contributed by atoms with van der Waals surface area (Å²) in [5, 5.41) is 15.8. The van der Waals surface area contributed by atoms with Crippen LogP contribution in [0.25, 0.3) is 11.3 Å². The molecule has 0 radical (unpaired) electrons. The number of halogens is 2. The van der Waals surface area contributed by atoms with E-state index in [0.29, 0.717) is 31.9 Å². The lowest BCUT2D eigenvalue weighted by Gasteiger charge is -2.07. The van der Waals surface area contributed by atoms with Gasteiger partial charge < -0.3 is 14.5 Å². The van der Waals surface area contributed by atoms with Crippen molar-refractivity contribution in [3.63, 3.8) is 0 Å². The molecule has 7 nitrogen and oxygen atoms in total. The number of carbonyl (C=O) groups is 2. The van der Waals surface area contributed by atoms with E-state index in [2.05, 4.69) is 10.6 Å². The van der Waals surface area contributed by atoms with Gasteiger partial charge in [-0.15, -0.1) is 11.3 Å². The molecule has 0 aliphatic rings. The maximum Gasteiger partial charge on any atom is 0.348 e. The molecule has 0 saturated heterocycles. The molecule has 0 saturated carbocycles. The van der Waals surface area contributed by atoms with Crippen LogP contribution in [-0.4, -0.2) is 23.6 Å². The molecule has 1 aromatic carbocycles. The zero-order valence-electron chi connectivity index (χ0n) is 16.7. The first-order valence-corrected chi connectivity index (χ1v) is 11.1. The predicted octanol–water partition coefficient (Wildman–Crippen LogP) is 5.80. The fraction of sp³-hybridized carbons (Fsp3) is 0.143. The minimum absolute atomic E-state index is 0.00486. The minimum Gasteiger partial charge on any atom is -0.462 e. The van der Waals surface area contributed by atoms with E-state index >= 15 is 0 Å². The van der Waals surface area contributed by atoms with Crippen molar-refractivity contribution in [3.05, 3.63) is 62.1 Å². The standard InChI is InChI=1S/C21H15Cl2N3O4S2/c1-3-29-20(28)17-10(2)13(9-24)19(32-17)26-21(31)25-18(27)16-7-6-15(30-16)12-5-4-11(22)8-14(12)23/h4-8H,3H2,1-2H3,(H2,25,26,27,31). The number of furan rings is 1. The van der Waals surface area contributed by atoms with Crippen molar-refractivity contribution in [2.45, 2.75) is 13.8 Å². The number of thiocarbonyl (C=S) groups is 1. The van der Waals surface area contributed by atoms with Crippen molar-refractivity contribution >= 4 is 68.7 Å². The van der Waals surface area contributed by atoms with E-state index in [1.807, 2.05) is 6.07 Å². The summed E-state index contributed by atoms with van der Waals surface area (Å²) in [4.78, 5) is 24.9. The van der Waals surface area contributed by atoms with E-state index in [0.717, 1.165) is 11.3 Å². The number of hydrogen-bond acceptors (Lipinski definition) is 7. The summed E-state index contributed by atoms with van der Waals surface area (Å²) in [7, 11) is 0. The Bertz CT molecular complexity index is 1260. The van der Waals surface area contributed by atoms with Crippen LogP contribution < -0.4 is 10.6 Å². The molecule has 164 valence electrons. The maximum atomic E-state index is 12.5. The molecule has 0 atom stereocenters. The number of amides is 1. The average Bonchev–Trinajstić information content (AvgIpc) is 3.33. The van der Waals surface area contributed by atoms with Crippen LogP contribution in [0.15, 0.2) is 34.7 Å². The predicted molar refractivity (Wildman–Crippen MR) is 128 cm³/mol. The van der Waals surface area contributed by atoms with Crippen LogP contribution >= 0.6 is 46.8 Å². The third-order valence-corrected chi connectivity index (χ3v) is 6.14. The summed E-state index contributed by atoms with van der Waals surface area (Å²) in [6.45, 7) is 3.54. The number of esters is 1. The highest BCUT2D eigenvalue weighted by molar-refractivity contribution is 7.80. The molecule has 0 fully saturated rings. The van der Waals surface area contributed by atoms with Gasteiger partial charge in [0.15, 0.2) is 10.9 Å². The Labute approximate surface area is 202 Å². The molecule has 0 aliphatic heterocycles. The van der Waals surface area contributed by atoms with Gasteiger partial charge in [0.25, 0.3) is 5.91 Å². The first-order chi connectivity index (χ1) is 15.2.